The van der Waals surface area contributed by atoms with Crippen molar-refractivity contribution in [3.63, 3.8) is 0 Å². The molecule has 1 heterocycles. The molecular formula is C18H23N3O2S. The van der Waals surface area contributed by atoms with E-state index in [0.717, 1.165) is 17.5 Å². The molecule has 0 radical (unpaired) electrons. The molecule has 0 aliphatic heterocycles. The number of carbonyl (C=O) groups is 1. The Hall–Kier alpha value is -1.82. The van der Waals surface area contributed by atoms with Crippen LogP contribution in [0.1, 0.15) is 38.2 Å². The third-order valence-corrected chi connectivity index (χ3v) is 5.27. The second-order valence-corrected chi connectivity index (χ2v) is 7.39. The molecule has 6 heteroatoms. The van der Waals surface area contributed by atoms with Gasteiger partial charge in [0.25, 0.3) is 5.22 Å². The van der Waals surface area contributed by atoms with Crippen LogP contribution in [0.5, 0.6) is 0 Å². The highest BCUT2D eigenvalue weighted by Crippen LogP contribution is 2.25. The van der Waals surface area contributed by atoms with Crippen LogP contribution >= 0.6 is 11.8 Å². The second-order valence-electron chi connectivity index (χ2n) is 6.47. The fourth-order valence-corrected chi connectivity index (χ4v) is 3.64. The van der Waals surface area contributed by atoms with Gasteiger partial charge in [-0.1, -0.05) is 49.2 Å². The molecule has 1 fully saturated rings. The first-order valence-electron chi connectivity index (χ1n) is 8.44. The quantitative estimate of drug-likeness (QED) is 0.834. The minimum absolute atomic E-state index is 0.0362. The SMILES string of the molecule is Cc1cccc(-c2nnc(SCC(=O)N[C@H]3CCCC[C@@H]3C)o2)c1. The summed E-state index contributed by atoms with van der Waals surface area (Å²) in [6, 6.07) is 8.22. The fraction of sp³-hybridized carbons (Fsp3) is 0.500. The van der Waals surface area contributed by atoms with Crippen LogP contribution in [0.15, 0.2) is 33.9 Å². The first kappa shape index (κ1) is 17.0. The summed E-state index contributed by atoms with van der Waals surface area (Å²) in [5.41, 5.74) is 2.04. The van der Waals surface area contributed by atoms with Crippen LogP contribution in [-0.4, -0.2) is 27.9 Å². The Morgan fingerprint density at radius 1 is 1.33 bits per heavy atom. The Labute approximate surface area is 146 Å². The van der Waals surface area contributed by atoms with E-state index in [0.29, 0.717) is 28.8 Å². The Balaban J connectivity index is 1.52. The number of rotatable bonds is 5. The van der Waals surface area contributed by atoms with Gasteiger partial charge in [0.05, 0.1) is 5.75 Å². The zero-order valence-electron chi connectivity index (χ0n) is 14.1. The fourth-order valence-electron chi connectivity index (χ4n) is 3.07. The van der Waals surface area contributed by atoms with Crippen molar-refractivity contribution in [2.45, 2.75) is 50.8 Å². The third-order valence-electron chi connectivity index (χ3n) is 4.46. The van der Waals surface area contributed by atoms with Crippen LogP contribution in [0, 0.1) is 12.8 Å². The molecule has 2 aromatic rings. The lowest BCUT2D eigenvalue weighted by molar-refractivity contribution is -0.119. The summed E-state index contributed by atoms with van der Waals surface area (Å²) < 4.78 is 5.65. The number of amides is 1. The number of aromatic nitrogens is 2. The summed E-state index contributed by atoms with van der Waals surface area (Å²) in [5, 5.41) is 11.7. The monoisotopic (exact) mass is 345 g/mol. The lowest BCUT2D eigenvalue weighted by atomic mass is 9.86. The van der Waals surface area contributed by atoms with Gasteiger partial charge in [-0.15, -0.1) is 10.2 Å². The van der Waals surface area contributed by atoms with E-state index in [4.69, 9.17) is 4.42 Å². The number of hydrogen-bond acceptors (Lipinski definition) is 5. The Bertz CT molecular complexity index is 701. The molecule has 2 atom stereocenters. The molecule has 3 rings (SSSR count). The molecule has 1 aromatic heterocycles. The van der Waals surface area contributed by atoms with Gasteiger partial charge in [-0.2, -0.15) is 0 Å². The predicted molar refractivity (Wildman–Crippen MR) is 94.8 cm³/mol. The zero-order chi connectivity index (χ0) is 16.9. The van der Waals surface area contributed by atoms with Crippen molar-refractivity contribution in [1.82, 2.24) is 15.5 Å². The first-order chi connectivity index (χ1) is 11.6. The van der Waals surface area contributed by atoms with Gasteiger partial charge in [-0.3, -0.25) is 4.79 Å². The summed E-state index contributed by atoms with van der Waals surface area (Å²) in [4.78, 5) is 12.1. The third kappa shape index (κ3) is 4.38. The first-order valence-corrected chi connectivity index (χ1v) is 9.43. The van der Waals surface area contributed by atoms with Gasteiger partial charge in [0.1, 0.15) is 0 Å². The highest BCUT2D eigenvalue weighted by Gasteiger charge is 2.23. The molecule has 1 N–H and O–H groups in total. The van der Waals surface area contributed by atoms with Crippen LogP contribution in [-0.2, 0) is 4.79 Å². The maximum atomic E-state index is 12.1. The van der Waals surface area contributed by atoms with E-state index >= 15 is 0 Å². The van der Waals surface area contributed by atoms with Gasteiger partial charge in [0, 0.05) is 11.6 Å². The minimum Gasteiger partial charge on any atom is -0.411 e. The summed E-state index contributed by atoms with van der Waals surface area (Å²) in [6.45, 7) is 4.23. The molecule has 0 bridgehead atoms. The van der Waals surface area contributed by atoms with Gasteiger partial charge >= 0.3 is 0 Å². The van der Waals surface area contributed by atoms with E-state index in [1.54, 1.807) is 0 Å². The molecule has 0 unspecified atom stereocenters. The minimum atomic E-state index is 0.0362. The van der Waals surface area contributed by atoms with Gasteiger partial charge in [0.2, 0.25) is 11.8 Å². The smallest absolute Gasteiger partial charge is 0.277 e. The molecule has 1 saturated carbocycles. The molecule has 24 heavy (non-hydrogen) atoms. The summed E-state index contributed by atoms with van der Waals surface area (Å²) in [5.74, 6) is 1.39. The number of benzene rings is 1. The van der Waals surface area contributed by atoms with Crippen molar-refractivity contribution < 1.29 is 9.21 Å². The van der Waals surface area contributed by atoms with E-state index in [2.05, 4.69) is 22.4 Å². The van der Waals surface area contributed by atoms with Crippen molar-refractivity contribution in [3.8, 4) is 11.5 Å². The topological polar surface area (TPSA) is 68.0 Å². The highest BCUT2D eigenvalue weighted by molar-refractivity contribution is 7.99. The maximum Gasteiger partial charge on any atom is 0.277 e. The number of aryl methyl sites for hydroxylation is 1. The van der Waals surface area contributed by atoms with Crippen molar-refractivity contribution >= 4 is 17.7 Å². The number of nitrogens with zero attached hydrogens (tertiary/aromatic N) is 2. The molecular weight excluding hydrogens is 322 g/mol. The lowest BCUT2D eigenvalue weighted by Gasteiger charge is -2.29. The largest absolute Gasteiger partial charge is 0.411 e. The van der Waals surface area contributed by atoms with Crippen molar-refractivity contribution in [1.29, 1.82) is 0 Å². The predicted octanol–water partition coefficient (Wildman–Crippen LogP) is 3.83. The Morgan fingerprint density at radius 2 is 2.17 bits per heavy atom. The van der Waals surface area contributed by atoms with Crippen molar-refractivity contribution in [2.24, 2.45) is 5.92 Å². The van der Waals surface area contributed by atoms with Crippen LogP contribution in [0.25, 0.3) is 11.5 Å². The van der Waals surface area contributed by atoms with Crippen molar-refractivity contribution in [2.75, 3.05) is 5.75 Å². The number of thioether (sulfide) groups is 1. The Morgan fingerprint density at radius 3 is 2.96 bits per heavy atom. The molecule has 5 nitrogen and oxygen atoms in total. The van der Waals surface area contributed by atoms with Crippen LogP contribution in [0.3, 0.4) is 0 Å². The maximum absolute atomic E-state index is 12.1. The second kappa shape index (κ2) is 7.83. The number of carbonyl (C=O) groups excluding carboxylic acids is 1. The van der Waals surface area contributed by atoms with E-state index in [1.165, 1.54) is 31.0 Å². The average molecular weight is 345 g/mol. The van der Waals surface area contributed by atoms with Gasteiger partial charge in [0.15, 0.2) is 0 Å². The van der Waals surface area contributed by atoms with Gasteiger partial charge < -0.3 is 9.73 Å². The number of nitrogens with one attached hydrogen (secondary N) is 1. The van der Waals surface area contributed by atoms with Gasteiger partial charge in [-0.25, -0.2) is 0 Å². The summed E-state index contributed by atoms with van der Waals surface area (Å²) >= 11 is 1.29. The molecule has 0 spiro atoms. The number of hydrogen-bond donors (Lipinski definition) is 1. The molecule has 1 aromatic carbocycles. The van der Waals surface area contributed by atoms with Gasteiger partial charge in [-0.05, 0) is 37.8 Å². The molecule has 128 valence electrons. The molecule has 1 aliphatic rings. The van der Waals surface area contributed by atoms with E-state index in [9.17, 15) is 4.79 Å². The summed E-state index contributed by atoms with van der Waals surface area (Å²) in [6.07, 6.45) is 4.75. The van der Waals surface area contributed by atoms with E-state index in [1.807, 2.05) is 31.2 Å². The summed E-state index contributed by atoms with van der Waals surface area (Å²) in [7, 11) is 0. The molecule has 1 aliphatic carbocycles. The van der Waals surface area contributed by atoms with E-state index < -0.39 is 0 Å². The zero-order valence-corrected chi connectivity index (χ0v) is 14.9. The van der Waals surface area contributed by atoms with Crippen molar-refractivity contribution in [3.05, 3.63) is 29.8 Å². The molecule has 0 saturated heterocycles. The lowest BCUT2D eigenvalue weighted by Crippen LogP contribution is -2.41. The standard InChI is InChI=1S/C18H23N3O2S/c1-12-6-5-8-14(10-12)17-20-21-18(23-17)24-11-16(22)19-15-9-4-3-7-13(15)2/h5-6,8,10,13,15H,3-4,7,9,11H2,1-2H3,(H,19,22)/t13-,15-/m0/s1. The van der Waals surface area contributed by atoms with Crippen LogP contribution < -0.4 is 5.32 Å². The molecule has 1 amide bonds. The van der Waals surface area contributed by atoms with Crippen LogP contribution in [0.4, 0.5) is 0 Å². The average Bonchev–Trinajstić information content (AvgIpc) is 3.04. The normalized spacial score (nSPS) is 20.8. The Kier molecular flexibility index (Phi) is 5.56. The van der Waals surface area contributed by atoms with Crippen LogP contribution in [0.2, 0.25) is 0 Å². The highest BCUT2D eigenvalue weighted by atomic mass is 32.2. The van der Waals surface area contributed by atoms with E-state index in [-0.39, 0.29) is 5.91 Å².